The van der Waals surface area contributed by atoms with Gasteiger partial charge in [-0.3, -0.25) is 4.79 Å². The van der Waals surface area contributed by atoms with E-state index in [2.05, 4.69) is 20.0 Å². The van der Waals surface area contributed by atoms with Gasteiger partial charge in [0.05, 0.1) is 12.0 Å². The van der Waals surface area contributed by atoms with Gasteiger partial charge in [0.1, 0.15) is 5.75 Å². The fourth-order valence-electron chi connectivity index (χ4n) is 2.35. The van der Waals surface area contributed by atoms with Gasteiger partial charge >= 0.3 is 0 Å². The van der Waals surface area contributed by atoms with E-state index in [0.717, 1.165) is 0 Å². The smallest absolute Gasteiger partial charge is 0.264 e. The number of carbonyl (C=O) groups excluding carboxylic acids is 1. The number of hydrogen-bond acceptors (Lipinski definition) is 7. The number of rotatable bonds is 8. The molecule has 0 aliphatic rings. The van der Waals surface area contributed by atoms with Gasteiger partial charge in [-0.05, 0) is 42.5 Å². The van der Waals surface area contributed by atoms with Crippen molar-refractivity contribution < 1.29 is 17.9 Å². The summed E-state index contributed by atoms with van der Waals surface area (Å²) in [4.78, 5) is 19.9. The third-order valence-corrected chi connectivity index (χ3v) is 5.14. The molecule has 3 aromatic rings. The lowest BCUT2D eigenvalue weighted by atomic mass is 10.1. The van der Waals surface area contributed by atoms with Gasteiger partial charge in [0, 0.05) is 35.9 Å². The van der Waals surface area contributed by atoms with Gasteiger partial charge in [-0.15, -0.1) is 0 Å². The lowest BCUT2D eigenvalue weighted by molar-refractivity contribution is 0.104. The van der Waals surface area contributed by atoms with Crippen LogP contribution in [0.4, 0.5) is 11.6 Å². The third kappa shape index (κ3) is 5.39. The van der Waals surface area contributed by atoms with Crippen LogP contribution >= 0.6 is 0 Å². The van der Waals surface area contributed by atoms with Crippen LogP contribution in [0, 0.1) is 0 Å². The number of aromatic nitrogens is 2. The molecule has 3 rings (SSSR count). The molecule has 1 aromatic heterocycles. The number of nitrogens with one attached hydrogen (secondary N) is 2. The first kappa shape index (κ1) is 20.0. The van der Waals surface area contributed by atoms with Gasteiger partial charge < -0.3 is 10.1 Å². The van der Waals surface area contributed by atoms with E-state index in [1.54, 1.807) is 42.5 Å². The first-order valence-corrected chi connectivity index (χ1v) is 9.97. The summed E-state index contributed by atoms with van der Waals surface area (Å²) in [5.74, 6) is 0.403. The minimum Gasteiger partial charge on any atom is -0.497 e. The number of anilines is 2. The lowest BCUT2D eigenvalue weighted by Crippen LogP contribution is -2.14. The average Bonchev–Trinajstić information content (AvgIpc) is 2.74. The normalized spacial score (nSPS) is 11.2. The second-order valence-electron chi connectivity index (χ2n) is 5.78. The van der Waals surface area contributed by atoms with Crippen LogP contribution in [0.25, 0.3) is 0 Å². The standard InChI is InChI=1S/C20H18N4O4S/c1-28-17-5-2-4-15(14-17)19(25)10-13-21-16-6-8-18(9-7-16)29(26,27)24-20-22-11-3-12-23-20/h2-14,21H,1H3,(H,22,23,24)/b13-10+. The van der Waals surface area contributed by atoms with Crippen molar-refractivity contribution in [2.75, 3.05) is 17.1 Å². The van der Waals surface area contributed by atoms with Gasteiger partial charge in [-0.2, -0.15) is 0 Å². The Morgan fingerprint density at radius 2 is 1.76 bits per heavy atom. The fraction of sp³-hybridized carbons (Fsp3) is 0.0500. The van der Waals surface area contributed by atoms with E-state index in [1.807, 2.05) is 0 Å². The van der Waals surface area contributed by atoms with E-state index in [0.29, 0.717) is 17.0 Å². The number of methoxy groups -OCH3 is 1. The minimum atomic E-state index is -3.79. The highest BCUT2D eigenvalue weighted by molar-refractivity contribution is 7.92. The van der Waals surface area contributed by atoms with Gasteiger partial charge in [-0.25, -0.2) is 23.1 Å². The van der Waals surface area contributed by atoms with Crippen LogP contribution in [-0.2, 0) is 10.0 Å². The van der Waals surface area contributed by atoms with Crippen molar-refractivity contribution in [1.29, 1.82) is 0 Å². The Labute approximate surface area is 168 Å². The molecule has 0 aliphatic heterocycles. The topological polar surface area (TPSA) is 110 Å². The molecular weight excluding hydrogens is 392 g/mol. The molecule has 0 saturated carbocycles. The molecule has 0 bridgehead atoms. The summed E-state index contributed by atoms with van der Waals surface area (Å²) in [6, 6.07) is 14.5. The van der Waals surface area contributed by atoms with Crippen LogP contribution in [0.15, 0.2) is 84.2 Å². The van der Waals surface area contributed by atoms with Crippen LogP contribution in [-0.4, -0.2) is 31.3 Å². The summed E-state index contributed by atoms with van der Waals surface area (Å²) < 4.78 is 32.1. The molecule has 8 nitrogen and oxygen atoms in total. The molecule has 29 heavy (non-hydrogen) atoms. The maximum atomic E-state index is 12.3. The Balaban J connectivity index is 1.63. The van der Waals surface area contributed by atoms with Gasteiger partial charge in [0.15, 0.2) is 5.78 Å². The predicted molar refractivity (Wildman–Crippen MR) is 109 cm³/mol. The molecule has 2 aromatic carbocycles. The summed E-state index contributed by atoms with van der Waals surface area (Å²) in [6.45, 7) is 0. The van der Waals surface area contributed by atoms with Crippen LogP contribution in [0.3, 0.4) is 0 Å². The highest BCUT2D eigenvalue weighted by Gasteiger charge is 2.15. The first-order valence-electron chi connectivity index (χ1n) is 8.49. The summed E-state index contributed by atoms with van der Waals surface area (Å²) in [7, 11) is -2.26. The van der Waals surface area contributed by atoms with Gasteiger partial charge in [0.2, 0.25) is 5.95 Å². The van der Waals surface area contributed by atoms with E-state index in [4.69, 9.17) is 4.74 Å². The van der Waals surface area contributed by atoms with Crippen LogP contribution in [0.5, 0.6) is 5.75 Å². The number of sulfonamides is 1. The Morgan fingerprint density at radius 3 is 2.45 bits per heavy atom. The number of ether oxygens (including phenoxy) is 1. The zero-order valence-electron chi connectivity index (χ0n) is 15.4. The number of nitrogens with zero attached hydrogens (tertiary/aromatic N) is 2. The van der Waals surface area contributed by atoms with Gasteiger partial charge in [0.25, 0.3) is 10.0 Å². The van der Waals surface area contributed by atoms with E-state index < -0.39 is 10.0 Å². The predicted octanol–water partition coefficient (Wildman–Crippen LogP) is 3.09. The number of carbonyl (C=O) groups is 1. The van der Waals surface area contributed by atoms with Gasteiger partial charge in [-0.1, -0.05) is 12.1 Å². The Hall–Kier alpha value is -3.72. The minimum absolute atomic E-state index is 0.00584. The number of allylic oxidation sites excluding steroid dienone is 1. The molecule has 0 radical (unpaired) electrons. The highest BCUT2D eigenvalue weighted by atomic mass is 32.2. The van der Waals surface area contributed by atoms with E-state index in [9.17, 15) is 13.2 Å². The molecule has 148 valence electrons. The molecule has 0 saturated heterocycles. The lowest BCUT2D eigenvalue weighted by Gasteiger charge is -2.07. The molecule has 0 fully saturated rings. The SMILES string of the molecule is COc1cccc(C(=O)/C=C/Nc2ccc(S(=O)(=O)Nc3ncccn3)cc2)c1. The summed E-state index contributed by atoms with van der Waals surface area (Å²) in [5.41, 5.74) is 1.12. The monoisotopic (exact) mass is 410 g/mol. The quantitative estimate of drug-likeness (QED) is 0.434. The van der Waals surface area contributed by atoms with Crippen molar-refractivity contribution in [3.8, 4) is 5.75 Å². The number of ketones is 1. The fourth-order valence-corrected chi connectivity index (χ4v) is 3.31. The van der Waals surface area contributed by atoms with Crippen molar-refractivity contribution >= 4 is 27.4 Å². The average molecular weight is 410 g/mol. The van der Waals surface area contributed by atoms with Crippen molar-refractivity contribution in [2.24, 2.45) is 0 Å². The zero-order valence-corrected chi connectivity index (χ0v) is 16.3. The summed E-state index contributed by atoms with van der Waals surface area (Å²) in [6.07, 6.45) is 5.75. The molecule has 0 spiro atoms. The van der Waals surface area contributed by atoms with Crippen molar-refractivity contribution in [1.82, 2.24) is 9.97 Å². The summed E-state index contributed by atoms with van der Waals surface area (Å²) >= 11 is 0. The Bertz CT molecular complexity index is 1110. The molecule has 2 N–H and O–H groups in total. The largest absolute Gasteiger partial charge is 0.497 e. The van der Waals surface area contributed by atoms with Crippen molar-refractivity contribution in [3.63, 3.8) is 0 Å². The molecule has 0 amide bonds. The van der Waals surface area contributed by atoms with E-state index in [1.165, 1.54) is 43.9 Å². The maximum absolute atomic E-state index is 12.3. The molecule has 1 heterocycles. The maximum Gasteiger partial charge on any atom is 0.264 e. The zero-order chi connectivity index (χ0) is 20.7. The second kappa shape index (κ2) is 8.98. The Kier molecular flexibility index (Phi) is 6.20. The first-order chi connectivity index (χ1) is 14.0. The van der Waals surface area contributed by atoms with Crippen LogP contribution in [0.1, 0.15) is 10.4 Å². The van der Waals surface area contributed by atoms with Crippen molar-refractivity contribution in [3.05, 3.63) is 84.8 Å². The highest BCUT2D eigenvalue weighted by Crippen LogP contribution is 2.17. The van der Waals surface area contributed by atoms with E-state index >= 15 is 0 Å². The van der Waals surface area contributed by atoms with E-state index in [-0.39, 0.29) is 16.6 Å². The number of benzene rings is 2. The molecule has 9 heteroatoms. The molecular formula is C20H18N4O4S. The molecule has 0 unspecified atom stereocenters. The third-order valence-electron chi connectivity index (χ3n) is 3.80. The number of hydrogen-bond donors (Lipinski definition) is 2. The second-order valence-corrected chi connectivity index (χ2v) is 7.46. The van der Waals surface area contributed by atoms with Crippen molar-refractivity contribution in [2.45, 2.75) is 4.90 Å². The molecule has 0 aliphatic carbocycles. The molecule has 0 atom stereocenters. The van der Waals surface area contributed by atoms with Crippen LogP contribution in [0.2, 0.25) is 0 Å². The van der Waals surface area contributed by atoms with Crippen LogP contribution < -0.4 is 14.8 Å². The Morgan fingerprint density at radius 1 is 1.03 bits per heavy atom. The summed E-state index contributed by atoms with van der Waals surface area (Å²) in [5, 5.41) is 2.93.